The molecule has 0 N–H and O–H groups in total. The standard InChI is InChI=1S/C95H78BN5/c1-93(2,3)66-54-74(62-33-16-11-17-34-62)91(75(55-66)63-35-18-12-19-36-63)100-85-53-65(61-31-14-10-15-32-61)49-51-78(85)96-79-52-50-68(98-81-44-26-22-39-70(81)71-40-23-27-45-82(71)98)58-86(79)101(88-60-69(59-87(100)90(88)96)99-83-46-28-24-41-72(83)73-42-25-29-47-84(73)99)92-76(64-37-20-13-21-38-64)56-67(94(4,5)6)57-77(92)80-43-30-48-89(97-80)95(7,8)9/h10-60H,1-9H3/i10D,14D,15D,22D,23D,24D,25D,26D,27D,28D,29D,31D,32D,39D,40D,41D,42D,44D,45D,46D,47D. The van der Waals surface area contributed by atoms with E-state index in [0.717, 1.165) is 33.5 Å². The summed E-state index contributed by atoms with van der Waals surface area (Å²) in [5.41, 5.74) is 10.2. The monoisotopic (exact) mass is 1320 g/mol. The van der Waals surface area contributed by atoms with Gasteiger partial charge in [-0.1, -0.05) is 280 Å². The Hall–Kier alpha value is -11.7. The van der Waals surface area contributed by atoms with Gasteiger partial charge >= 0.3 is 0 Å². The number of hydrogen-bond donors (Lipinski definition) is 0. The SMILES string of the molecule is [2H]c1c([2H])c([2H])c(-c2ccc3c(c2)N(c2c(-c4ccccc4)cc(C(C)(C)C)cc2-c2ccccc2)c2cc(-n4c5c([2H])c([2H])c([2H])c([2H])c5c5c([2H])c([2H])c([2H])c([2H])c54)cc4c2B3c2ccc(-n3c5c([2H])c([2H])c([2H])c([2H])c5c5c([2H])c([2H])c([2H])c([2H])c53)cc2N4c2c(-c3ccccc3)cc(C(C)(C)C)cc2-c2cccc(C(C)(C)C)n2)c([2H])c1[2H]. The van der Waals surface area contributed by atoms with E-state index in [1.54, 1.807) is 12.1 Å². The molecule has 0 amide bonds. The molecule has 5 nitrogen and oxygen atoms in total. The van der Waals surface area contributed by atoms with Gasteiger partial charge < -0.3 is 18.9 Å². The molecule has 0 saturated carbocycles. The molecule has 13 aromatic carbocycles. The van der Waals surface area contributed by atoms with E-state index < -0.39 is 150 Å². The van der Waals surface area contributed by atoms with Gasteiger partial charge in [-0.3, -0.25) is 4.98 Å². The van der Waals surface area contributed by atoms with Gasteiger partial charge in [0.05, 0.1) is 73.6 Å². The number of rotatable bonds is 9. The first-order valence-corrected chi connectivity index (χ1v) is 33.9. The first kappa shape index (κ1) is 42.9. The molecule has 16 aromatic rings. The quantitative estimate of drug-likeness (QED) is 0.135. The molecule has 0 unspecified atom stereocenters. The zero-order valence-electron chi connectivity index (χ0n) is 78.1. The van der Waals surface area contributed by atoms with Crippen LogP contribution in [0.5, 0.6) is 0 Å². The summed E-state index contributed by atoms with van der Waals surface area (Å²) in [4.78, 5) is 9.84. The second-order valence-electron chi connectivity index (χ2n) is 29.2. The van der Waals surface area contributed by atoms with Crippen LogP contribution in [0.4, 0.5) is 34.1 Å². The molecule has 0 aliphatic carbocycles. The Labute approximate surface area is 622 Å². The van der Waals surface area contributed by atoms with Crippen LogP contribution in [0.3, 0.4) is 0 Å². The van der Waals surface area contributed by atoms with Crippen molar-refractivity contribution in [2.75, 3.05) is 9.80 Å². The molecule has 0 radical (unpaired) electrons. The Kier molecular flexibility index (Phi) is 9.98. The first-order valence-electron chi connectivity index (χ1n) is 44.4. The van der Waals surface area contributed by atoms with Gasteiger partial charge in [-0.05, 0) is 157 Å². The minimum absolute atomic E-state index is 0.0950. The van der Waals surface area contributed by atoms with Crippen molar-refractivity contribution in [3.63, 3.8) is 0 Å². The Bertz CT molecular complexity index is 7050. The van der Waals surface area contributed by atoms with E-state index in [4.69, 9.17) is 9.10 Å². The number of aromatic nitrogens is 3. The highest BCUT2D eigenvalue weighted by molar-refractivity contribution is 7.00. The first-order chi connectivity index (χ1) is 57.7. The summed E-state index contributed by atoms with van der Waals surface area (Å²) in [5, 5.41) is -0.731. The zero-order chi connectivity index (χ0) is 86.9. The van der Waals surface area contributed by atoms with Gasteiger partial charge in [0.1, 0.15) is 0 Å². The average Bonchev–Trinajstić information content (AvgIpc) is 1.05. The molecule has 486 valence electrons. The molecule has 2 aliphatic heterocycles. The van der Waals surface area contributed by atoms with E-state index >= 15 is 0 Å². The van der Waals surface area contributed by atoms with E-state index in [1.807, 2.05) is 146 Å². The molecule has 0 fully saturated rings. The highest BCUT2D eigenvalue weighted by Gasteiger charge is 2.46. The van der Waals surface area contributed by atoms with Crippen molar-refractivity contribution >= 4 is 101 Å². The van der Waals surface area contributed by atoms with Crippen LogP contribution in [-0.2, 0) is 16.2 Å². The van der Waals surface area contributed by atoms with Crippen LogP contribution in [0.15, 0.2) is 309 Å². The van der Waals surface area contributed by atoms with Crippen molar-refractivity contribution in [1.82, 2.24) is 14.1 Å². The molecular formula is C95H78BN5. The van der Waals surface area contributed by atoms with Crippen molar-refractivity contribution in [3.8, 4) is 67.1 Å². The molecule has 3 aromatic heterocycles. The van der Waals surface area contributed by atoms with Crippen molar-refractivity contribution in [1.29, 1.82) is 0 Å². The van der Waals surface area contributed by atoms with Crippen molar-refractivity contribution in [2.45, 2.75) is 78.6 Å². The minimum atomic E-state index is -1.01. The summed E-state index contributed by atoms with van der Waals surface area (Å²) >= 11 is 0. The van der Waals surface area contributed by atoms with Gasteiger partial charge in [0.25, 0.3) is 6.71 Å². The third-order valence-electron chi connectivity index (χ3n) is 19.9. The molecule has 0 saturated heterocycles. The Balaban J connectivity index is 1.14. The van der Waals surface area contributed by atoms with Crippen LogP contribution in [-0.4, -0.2) is 20.8 Å². The van der Waals surface area contributed by atoms with E-state index in [2.05, 4.69) is 96.4 Å². The Morgan fingerprint density at radius 3 is 1.17 bits per heavy atom. The summed E-state index contributed by atoms with van der Waals surface area (Å²) in [5.74, 6) is 0. The number of hydrogen-bond acceptors (Lipinski definition) is 3. The normalized spacial score (nSPS) is 15.9. The minimum Gasteiger partial charge on any atom is -0.310 e. The summed E-state index contributed by atoms with van der Waals surface area (Å²) in [6, 6.07) is 46.2. The maximum absolute atomic E-state index is 10.2. The zero-order valence-corrected chi connectivity index (χ0v) is 57.1. The van der Waals surface area contributed by atoms with E-state index in [0.29, 0.717) is 78.5 Å². The maximum Gasteiger partial charge on any atom is 0.252 e. The van der Waals surface area contributed by atoms with Crippen LogP contribution in [0.25, 0.3) is 111 Å². The van der Waals surface area contributed by atoms with Crippen molar-refractivity contribution in [2.24, 2.45) is 0 Å². The summed E-state index contributed by atoms with van der Waals surface area (Å²) < 4.78 is 204. The van der Waals surface area contributed by atoms with E-state index in [1.165, 1.54) is 9.13 Å². The largest absolute Gasteiger partial charge is 0.310 e. The van der Waals surface area contributed by atoms with Crippen LogP contribution in [0, 0.1) is 0 Å². The number of pyridine rings is 1. The Morgan fingerprint density at radius 2 is 0.713 bits per heavy atom. The topological polar surface area (TPSA) is 29.2 Å². The van der Waals surface area contributed by atoms with Gasteiger partial charge in [0.2, 0.25) is 0 Å². The average molecular weight is 1320 g/mol. The van der Waals surface area contributed by atoms with Crippen molar-refractivity contribution in [3.05, 3.63) is 326 Å². The molecule has 0 bridgehead atoms. The fourth-order valence-corrected chi connectivity index (χ4v) is 14.9. The lowest BCUT2D eigenvalue weighted by Crippen LogP contribution is -2.61. The number of para-hydroxylation sites is 4. The third-order valence-corrected chi connectivity index (χ3v) is 19.9. The van der Waals surface area contributed by atoms with Crippen LogP contribution < -0.4 is 26.2 Å². The summed E-state index contributed by atoms with van der Waals surface area (Å²) in [6.45, 7) is 18.0. The van der Waals surface area contributed by atoms with Gasteiger partial charge in [0.15, 0.2) is 0 Å². The predicted molar refractivity (Wildman–Crippen MR) is 430 cm³/mol. The summed E-state index contributed by atoms with van der Waals surface area (Å²) in [7, 11) is 0. The molecule has 6 heteroatoms. The van der Waals surface area contributed by atoms with E-state index in [-0.39, 0.29) is 66.1 Å². The molecule has 0 spiro atoms. The molecular weight excluding hydrogens is 1220 g/mol. The highest BCUT2D eigenvalue weighted by Crippen LogP contribution is 2.56. The highest BCUT2D eigenvalue weighted by atomic mass is 15.2. The molecule has 18 rings (SSSR count). The lowest BCUT2D eigenvalue weighted by atomic mass is 9.33. The number of nitrogens with zero attached hydrogens (tertiary/aromatic N) is 5. The molecule has 2 aliphatic rings. The Morgan fingerprint density at radius 1 is 0.317 bits per heavy atom. The lowest BCUT2D eigenvalue weighted by Gasteiger charge is -2.46. The third kappa shape index (κ3) is 10.2. The number of fused-ring (bicyclic) bond motifs is 10. The van der Waals surface area contributed by atoms with Gasteiger partial charge in [-0.2, -0.15) is 0 Å². The van der Waals surface area contributed by atoms with Gasteiger partial charge in [-0.15, -0.1) is 0 Å². The molecule has 0 atom stereocenters. The molecule has 101 heavy (non-hydrogen) atoms. The fraction of sp³-hybridized carbons (Fsp3) is 0.126. The molecule has 5 heterocycles. The summed E-state index contributed by atoms with van der Waals surface area (Å²) in [6.07, 6.45) is 0. The van der Waals surface area contributed by atoms with Crippen LogP contribution in [0.2, 0.25) is 0 Å². The number of anilines is 6. The van der Waals surface area contributed by atoms with Crippen LogP contribution in [0.1, 0.15) is 108 Å². The number of benzene rings is 13. The van der Waals surface area contributed by atoms with E-state index in [9.17, 15) is 24.7 Å². The van der Waals surface area contributed by atoms with Crippen LogP contribution >= 0.6 is 0 Å². The van der Waals surface area contributed by atoms with Crippen molar-refractivity contribution < 1.29 is 28.8 Å². The van der Waals surface area contributed by atoms with Gasteiger partial charge in [0, 0.05) is 83.3 Å². The lowest BCUT2D eigenvalue weighted by molar-refractivity contribution is 0.569. The second-order valence-corrected chi connectivity index (χ2v) is 29.2. The fourth-order valence-electron chi connectivity index (χ4n) is 14.9. The smallest absolute Gasteiger partial charge is 0.252 e. The van der Waals surface area contributed by atoms with Gasteiger partial charge in [-0.25, -0.2) is 0 Å². The maximum atomic E-state index is 10.2. The predicted octanol–water partition coefficient (Wildman–Crippen LogP) is 23.6. The second kappa shape index (κ2) is 23.5.